The highest BCUT2D eigenvalue weighted by atomic mass is 16.7. The number of ether oxygens (including phenoxy) is 6. The first kappa shape index (κ1) is 30.7. The van der Waals surface area contributed by atoms with Crippen LogP contribution in [0, 0.1) is 5.92 Å². The summed E-state index contributed by atoms with van der Waals surface area (Å²) in [7, 11) is 0. The Labute approximate surface area is 211 Å². The molecule has 0 fully saturated rings. The standard InChI is InChI=1S/C25H37NO10/c1-6-10-31-24(29)35-20-9-8-18(14-21(20)36-25(30)32-11-7-2)13-19(26)23(28)34-17(5)15-33-22(27)12-16(3)4/h8-9,14,16-17,19H,6-7,10-13,15,26H2,1-5H3/t17-,19-/m0/s1. The number of benzene rings is 1. The average Bonchev–Trinajstić information content (AvgIpc) is 2.81. The van der Waals surface area contributed by atoms with Crippen molar-refractivity contribution >= 4 is 24.2 Å². The van der Waals surface area contributed by atoms with Crippen LogP contribution in [0.25, 0.3) is 0 Å². The summed E-state index contributed by atoms with van der Waals surface area (Å²) in [5.74, 6) is -1.09. The van der Waals surface area contributed by atoms with E-state index >= 15 is 0 Å². The molecule has 1 rings (SSSR count). The maximum atomic E-state index is 12.4. The van der Waals surface area contributed by atoms with Gasteiger partial charge >= 0.3 is 24.2 Å². The van der Waals surface area contributed by atoms with Crippen molar-refractivity contribution in [3.05, 3.63) is 23.8 Å². The molecule has 0 aliphatic heterocycles. The Morgan fingerprint density at radius 3 is 2.00 bits per heavy atom. The van der Waals surface area contributed by atoms with E-state index in [-0.39, 0.29) is 56.0 Å². The van der Waals surface area contributed by atoms with Gasteiger partial charge in [0.2, 0.25) is 0 Å². The molecule has 2 N–H and O–H groups in total. The normalized spacial score (nSPS) is 12.3. The van der Waals surface area contributed by atoms with Crippen LogP contribution in [0.1, 0.15) is 59.4 Å². The minimum atomic E-state index is -1.06. The molecule has 0 radical (unpaired) electrons. The zero-order valence-corrected chi connectivity index (χ0v) is 21.6. The highest BCUT2D eigenvalue weighted by Gasteiger charge is 2.22. The Kier molecular flexibility index (Phi) is 13.9. The van der Waals surface area contributed by atoms with E-state index in [4.69, 9.17) is 34.2 Å². The second-order valence-electron chi connectivity index (χ2n) is 8.52. The third-order valence-corrected chi connectivity index (χ3v) is 4.37. The van der Waals surface area contributed by atoms with E-state index in [1.807, 2.05) is 27.7 Å². The molecule has 1 aromatic carbocycles. The van der Waals surface area contributed by atoms with E-state index in [0.29, 0.717) is 18.4 Å². The Hall–Kier alpha value is -3.34. The molecular weight excluding hydrogens is 474 g/mol. The number of carbonyl (C=O) groups is 4. The first-order chi connectivity index (χ1) is 17.0. The SMILES string of the molecule is CCCOC(=O)Oc1ccc(C[C@H](N)C(=O)O[C@@H](C)COC(=O)CC(C)C)cc1OC(=O)OCCC. The summed E-state index contributed by atoms with van der Waals surface area (Å²) in [6.45, 7) is 9.26. The zero-order valence-electron chi connectivity index (χ0n) is 21.6. The van der Waals surface area contributed by atoms with Gasteiger partial charge in [-0.25, -0.2) is 9.59 Å². The van der Waals surface area contributed by atoms with Crippen LogP contribution in [0.15, 0.2) is 18.2 Å². The van der Waals surface area contributed by atoms with Gasteiger partial charge in [0.15, 0.2) is 11.5 Å². The molecule has 36 heavy (non-hydrogen) atoms. The van der Waals surface area contributed by atoms with Crippen molar-refractivity contribution in [2.75, 3.05) is 19.8 Å². The summed E-state index contributed by atoms with van der Waals surface area (Å²) in [6.07, 6.45) is -1.13. The highest BCUT2D eigenvalue weighted by molar-refractivity contribution is 5.76. The van der Waals surface area contributed by atoms with Gasteiger partial charge in [0, 0.05) is 6.42 Å². The molecule has 0 bridgehead atoms. The van der Waals surface area contributed by atoms with E-state index in [1.54, 1.807) is 13.0 Å². The van der Waals surface area contributed by atoms with E-state index in [2.05, 4.69) is 0 Å². The van der Waals surface area contributed by atoms with Gasteiger partial charge in [-0.2, -0.15) is 0 Å². The van der Waals surface area contributed by atoms with Crippen LogP contribution in [-0.2, 0) is 35.0 Å². The second-order valence-corrected chi connectivity index (χ2v) is 8.52. The van der Waals surface area contributed by atoms with Crippen molar-refractivity contribution in [1.82, 2.24) is 0 Å². The Bertz CT molecular complexity index is 870. The fourth-order valence-corrected chi connectivity index (χ4v) is 2.71. The number of nitrogens with two attached hydrogens (primary N) is 1. The minimum Gasteiger partial charge on any atom is -0.462 e. The Balaban J connectivity index is 2.82. The van der Waals surface area contributed by atoms with Crippen molar-refractivity contribution in [1.29, 1.82) is 0 Å². The number of hydrogen-bond donors (Lipinski definition) is 1. The molecule has 0 amide bonds. The number of carbonyl (C=O) groups excluding carboxylic acids is 4. The lowest BCUT2D eigenvalue weighted by Crippen LogP contribution is -2.37. The van der Waals surface area contributed by atoms with Crippen LogP contribution in [0.3, 0.4) is 0 Å². The Morgan fingerprint density at radius 1 is 0.861 bits per heavy atom. The first-order valence-corrected chi connectivity index (χ1v) is 12.0. The van der Waals surface area contributed by atoms with E-state index in [0.717, 1.165) is 0 Å². The van der Waals surface area contributed by atoms with E-state index in [1.165, 1.54) is 12.1 Å². The molecule has 0 aromatic heterocycles. The highest BCUT2D eigenvalue weighted by Crippen LogP contribution is 2.30. The van der Waals surface area contributed by atoms with Crippen molar-refractivity contribution < 1.29 is 47.6 Å². The van der Waals surface area contributed by atoms with Gasteiger partial charge < -0.3 is 34.2 Å². The van der Waals surface area contributed by atoms with Gasteiger partial charge in [-0.15, -0.1) is 0 Å². The van der Waals surface area contributed by atoms with Gasteiger partial charge in [-0.05, 0) is 49.8 Å². The van der Waals surface area contributed by atoms with Crippen LogP contribution >= 0.6 is 0 Å². The summed E-state index contributed by atoms with van der Waals surface area (Å²) in [5.41, 5.74) is 6.49. The summed E-state index contributed by atoms with van der Waals surface area (Å²) in [5, 5.41) is 0. The predicted molar refractivity (Wildman–Crippen MR) is 129 cm³/mol. The molecule has 11 heteroatoms. The molecule has 11 nitrogen and oxygen atoms in total. The fourth-order valence-electron chi connectivity index (χ4n) is 2.71. The second kappa shape index (κ2) is 16.4. The number of hydrogen-bond acceptors (Lipinski definition) is 11. The van der Waals surface area contributed by atoms with Crippen molar-refractivity contribution in [2.24, 2.45) is 11.7 Å². The molecule has 2 atom stereocenters. The molecule has 202 valence electrons. The van der Waals surface area contributed by atoms with Gasteiger partial charge in [0.05, 0.1) is 13.2 Å². The maximum absolute atomic E-state index is 12.4. The van der Waals surface area contributed by atoms with Crippen LogP contribution in [-0.4, -0.2) is 56.2 Å². The molecule has 0 unspecified atom stereocenters. The Morgan fingerprint density at radius 2 is 1.44 bits per heavy atom. The predicted octanol–water partition coefficient (Wildman–Crippen LogP) is 3.93. The van der Waals surface area contributed by atoms with Gasteiger partial charge in [-0.3, -0.25) is 9.59 Å². The minimum absolute atomic E-state index is 0.0274. The van der Waals surface area contributed by atoms with Crippen molar-refractivity contribution in [3.63, 3.8) is 0 Å². The van der Waals surface area contributed by atoms with E-state index < -0.39 is 30.4 Å². The summed E-state index contributed by atoms with van der Waals surface area (Å²) >= 11 is 0. The molecule has 1 aromatic rings. The summed E-state index contributed by atoms with van der Waals surface area (Å²) in [6, 6.07) is 3.29. The molecule has 0 spiro atoms. The molecule has 0 heterocycles. The van der Waals surface area contributed by atoms with Crippen LogP contribution in [0.2, 0.25) is 0 Å². The van der Waals surface area contributed by atoms with Gasteiger partial charge in [0.25, 0.3) is 0 Å². The third-order valence-electron chi connectivity index (χ3n) is 4.37. The topological polar surface area (TPSA) is 150 Å². The smallest absolute Gasteiger partial charge is 0.462 e. The number of esters is 2. The molecule has 0 aliphatic carbocycles. The third kappa shape index (κ3) is 12.4. The summed E-state index contributed by atoms with van der Waals surface area (Å²) < 4.78 is 30.5. The van der Waals surface area contributed by atoms with Crippen molar-refractivity contribution in [2.45, 2.75) is 72.4 Å². The quantitative estimate of drug-likeness (QED) is 0.220. The largest absolute Gasteiger partial charge is 0.513 e. The van der Waals surface area contributed by atoms with E-state index in [9.17, 15) is 19.2 Å². The molecule has 0 aliphatic rings. The lowest BCUT2D eigenvalue weighted by molar-refractivity contribution is -0.159. The number of rotatable bonds is 14. The lowest BCUT2D eigenvalue weighted by Gasteiger charge is -2.18. The van der Waals surface area contributed by atoms with Crippen LogP contribution < -0.4 is 15.2 Å². The summed E-state index contributed by atoms with van der Waals surface area (Å²) in [4.78, 5) is 47.9. The molecular formula is C25H37NO10. The monoisotopic (exact) mass is 511 g/mol. The first-order valence-electron chi connectivity index (χ1n) is 12.0. The lowest BCUT2D eigenvalue weighted by atomic mass is 10.1. The van der Waals surface area contributed by atoms with Crippen LogP contribution in [0.5, 0.6) is 11.5 Å². The van der Waals surface area contributed by atoms with Gasteiger partial charge in [-0.1, -0.05) is 33.8 Å². The molecule has 0 saturated heterocycles. The fraction of sp³-hybridized carbons (Fsp3) is 0.600. The van der Waals surface area contributed by atoms with Gasteiger partial charge in [0.1, 0.15) is 18.8 Å². The maximum Gasteiger partial charge on any atom is 0.513 e. The van der Waals surface area contributed by atoms with Crippen molar-refractivity contribution in [3.8, 4) is 11.5 Å². The molecule has 0 saturated carbocycles. The average molecular weight is 512 g/mol. The zero-order chi connectivity index (χ0) is 27.1. The van der Waals surface area contributed by atoms with Crippen LogP contribution in [0.4, 0.5) is 9.59 Å².